The van der Waals surface area contributed by atoms with Gasteiger partial charge in [0.15, 0.2) is 0 Å². The van der Waals surface area contributed by atoms with Crippen molar-refractivity contribution in [3.63, 3.8) is 0 Å². The normalized spacial score (nSPS) is 11.4. The summed E-state index contributed by atoms with van der Waals surface area (Å²) in [6, 6.07) is 0. The van der Waals surface area contributed by atoms with Crippen molar-refractivity contribution in [1.29, 1.82) is 0 Å². The summed E-state index contributed by atoms with van der Waals surface area (Å²) in [6.45, 7) is 7.10. The first kappa shape index (κ1) is 7.50. The van der Waals surface area contributed by atoms with Crippen LogP contribution < -0.4 is 5.32 Å². The minimum atomic E-state index is -0.347. The molecule has 0 aliphatic carbocycles. The Morgan fingerprint density at radius 1 is 1.62 bits per heavy atom. The third-order valence-corrected chi connectivity index (χ3v) is 1.35. The van der Waals surface area contributed by atoms with Crippen molar-refractivity contribution < 1.29 is 5.11 Å². The lowest BCUT2D eigenvalue weighted by atomic mass is 10.1. The summed E-state index contributed by atoms with van der Waals surface area (Å²) >= 11 is 0. The van der Waals surface area contributed by atoms with E-state index in [2.05, 4.69) is 11.9 Å². The van der Waals surface area contributed by atoms with Gasteiger partial charge in [0.25, 0.3) is 0 Å². The molecule has 2 nitrogen and oxygen atoms in total. The van der Waals surface area contributed by atoms with E-state index in [0.29, 0.717) is 0 Å². The average molecular weight is 115 g/mol. The number of hydrogen-bond acceptors (Lipinski definition) is 2. The number of aliphatic hydroxyl groups excluding tert-OH is 1. The number of nitrogens with one attached hydrogen (secondary N) is 1. The Balaban J connectivity index is 3.91. The number of rotatable bonds is 2. The summed E-state index contributed by atoms with van der Waals surface area (Å²) < 4.78 is 0. The molecule has 48 valence electrons. The maximum atomic E-state index is 8.82. The van der Waals surface area contributed by atoms with Crippen molar-refractivity contribution in [3.05, 3.63) is 12.3 Å². The van der Waals surface area contributed by atoms with Crippen molar-refractivity contribution >= 4 is 0 Å². The van der Waals surface area contributed by atoms with Crippen molar-refractivity contribution in [3.8, 4) is 0 Å². The van der Waals surface area contributed by atoms with Gasteiger partial charge in [-0.3, -0.25) is 0 Å². The topological polar surface area (TPSA) is 32.3 Å². The molecule has 0 saturated heterocycles. The highest BCUT2D eigenvalue weighted by Crippen LogP contribution is 2.07. The van der Waals surface area contributed by atoms with Gasteiger partial charge in [-0.05, 0) is 20.9 Å². The second-order valence-corrected chi connectivity index (χ2v) is 2.32. The van der Waals surface area contributed by atoms with Gasteiger partial charge >= 0.3 is 0 Å². The minimum absolute atomic E-state index is 0.167. The van der Waals surface area contributed by atoms with Crippen LogP contribution in [0.1, 0.15) is 13.8 Å². The Bertz CT molecular complexity index is 96.7. The third-order valence-electron chi connectivity index (χ3n) is 1.35. The van der Waals surface area contributed by atoms with Crippen LogP contribution in [0.3, 0.4) is 0 Å². The lowest BCUT2D eigenvalue weighted by molar-refractivity contribution is 0.295. The molecule has 0 aliphatic heterocycles. The van der Waals surface area contributed by atoms with Crippen LogP contribution in [-0.2, 0) is 0 Å². The largest absolute Gasteiger partial charge is 0.511 e. The van der Waals surface area contributed by atoms with E-state index in [9.17, 15) is 0 Å². The summed E-state index contributed by atoms with van der Waals surface area (Å²) in [5.41, 5.74) is -0.347. The van der Waals surface area contributed by atoms with E-state index in [-0.39, 0.29) is 11.3 Å². The molecule has 0 unspecified atom stereocenters. The first-order valence-electron chi connectivity index (χ1n) is 2.58. The van der Waals surface area contributed by atoms with Crippen molar-refractivity contribution in [2.45, 2.75) is 19.4 Å². The molecule has 0 saturated carbocycles. The lowest BCUT2D eigenvalue weighted by Crippen LogP contribution is -2.37. The molecular formula is C6H13NO. The van der Waals surface area contributed by atoms with E-state index in [1.54, 1.807) is 7.05 Å². The van der Waals surface area contributed by atoms with Crippen LogP contribution >= 0.6 is 0 Å². The maximum Gasteiger partial charge on any atom is 0.105 e. The van der Waals surface area contributed by atoms with Crippen LogP contribution in [0.25, 0.3) is 0 Å². The Labute approximate surface area is 50.2 Å². The highest BCUT2D eigenvalue weighted by atomic mass is 16.3. The van der Waals surface area contributed by atoms with E-state index in [4.69, 9.17) is 5.11 Å². The predicted octanol–water partition coefficient (Wildman–Crippen LogP) is 1.06. The first-order valence-corrected chi connectivity index (χ1v) is 2.58. The molecule has 0 aromatic heterocycles. The third kappa shape index (κ3) is 1.54. The molecule has 0 bridgehead atoms. The second kappa shape index (κ2) is 2.18. The van der Waals surface area contributed by atoms with Crippen molar-refractivity contribution in [1.82, 2.24) is 5.32 Å². The standard InChI is InChI=1S/C6H13NO/c1-5(8)6(2,3)7-4/h7-8H,1H2,2-4H3. The SMILES string of the molecule is C=C(O)C(C)(C)NC. The quantitative estimate of drug-likeness (QED) is 0.527. The summed E-state index contributed by atoms with van der Waals surface area (Å²) in [4.78, 5) is 0. The van der Waals surface area contributed by atoms with E-state index >= 15 is 0 Å². The fraction of sp³-hybridized carbons (Fsp3) is 0.667. The first-order chi connectivity index (χ1) is 3.50. The van der Waals surface area contributed by atoms with Crippen LogP contribution in [0, 0.1) is 0 Å². The monoisotopic (exact) mass is 115 g/mol. The van der Waals surface area contributed by atoms with Crippen LogP contribution in [0.4, 0.5) is 0 Å². The summed E-state index contributed by atoms with van der Waals surface area (Å²) in [5, 5.41) is 11.7. The molecule has 0 atom stereocenters. The second-order valence-electron chi connectivity index (χ2n) is 2.32. The summed E-state index contributed by atoms with van der Waals surface area (Å²) in [7, 11) is 1.78. The van der Waals surface area contributed by atoms with Gasteiger partial charge in [0.1, 0.15) is 5.76 Å². The Kier molecular flexibility index (Phi) is 2.04. The lowest BCUT2D eigenvalue weighted by Gasteiger charge is -2.21. The molecule has 0 rings (SSSR count). The van der Waals surface area contributed by atoms with E-state index in [0.717, 1.165) is 0 Å². The average Bonchev–Trinajstić information content (AvgIpc) is 1.67. The molecule has 2 N–H and O–H groups in total. The molecule has 0 radical (unpaired) electrons. The molecule has 0 heterocycles. The zero-order valence-electron chi connectivity index (χ0n) is 5.65. The Morgan fingerprint density at radius 3 is 2.00 bits per heavy atom. The molecular weight excluding hydrogens is 102 g/mol. The van der Waals surface area contributed by atoms with Crippen LogP contribution in [0.15, 0.2) is 12.3 Å². The Morgan fingerprint density at radius 2 is 2.00 bits per heavy atom. The van der Waals surface area contributed by atoms with Crippen molar-refractivity contribution in [2.24, 2.45) is 0 Å². The molecule has 0 amide bonds. The van der Waals surface area contributed by atoms with Gasteiger partial charge in [-0.1, -0.05) is 6.58 Å². The zero-order valence-corrected chi connectivity index (χ0v) is 5.65. The van der Waals surface area contributed by atoms with Crippen molar-refractivity contribution in [2.75, 3.05) is 7.05 Å². The van der Waals surface area contributed by atoms with Gasteiger partial charge in [-0.15, -0.1) is 0 Å². The zero-order chi connectivity index (χ0) is 6.78. The molecule has 0 aromatic carbocycles. The maximum absolute atomic E-state index is 8.82. The smallest absolute Gasteiger partial charge is 0.105 e. The molecule has 0 aliphatic rings. The van der Waals surface area contributed by atoms with Gasteiger partial charge in [0.05, 0.1) is 5.54 Å². The number of hydrogen-bond donors (Lipinski definition) is 2. The number of aliphatic hydroxyl groups is 1. The molecule has 8 heavy (non-hydrogen) atoms. The van der Waals surface area contributed by atoms with Gasteiger partial charge < -0.3 is 10.4 Å². The molecule has 0 aromatic rings. The fourth-order valence-corrected chi connectivity index (χ4v) is 0.144. The van der Waals surface area contributed by atoms with Gasteiger partial charge in [-0.2, -0.15) is 0 Å². The van der Waals surface area contributed by atoms with E-state index in [1.165, 1.54) is 0 Å². The van der Waals surface area contributed by atoms with E-state index in [1.807, 2.05) is 13.8 Å². The van der Waals surface area contributed by atoms with E-state index < -0.39 is 0 Å². The van der Waals surface area contributed by atoms with Gasteiger partial charge in [0, 0.05) is 0 Å². The van der Waals surface area contributed by atoms with Gasteiger partial charge in [-0.25, -0.2) is 0 Å². The molecule has 0 spiro atoms. The minimum Gasteiger partial charge on any atom is -0.511 e. The number of likely N-dealkylation sites (N-methyl/N-ethyl adjacent to an activating group) is 1. The van der Waals surface area contributed by atoms with Gasteiger partial charge in [0.2, 0.25) is 0 Å². The summed E-state index contributed by atoms with van der Waals surface area (Å²) in [5.74, 6) is 0.167. The predicted molar refractivity (Wildman–Crippen MR) is 34.9 cm³/mol. The summed E-state index contributed by atoms with van der Waals surface area (Å²) in [6.07, 6.45) is 0. The highest BCUT2D eigenvalue weighted by Gasteiger charge is 2.16. The van der Waals surface area contributed by atoms with Crippen LogP contribution in [-0.4, -0.2) is 17.7 Å². The van der Waals surface area contributed by atoms with Crippen LogP contribution in [0.5, 0.6) is 0 Å². The molecule has 0 fully saturated rings. The van der Waals surface area contributed by atoms with Crippen LogP contribution in [0.2, 0.25) is 0 Å². The fourth-order valence-electron chi connectivity index (χ4n) is 0.144. The molecule has 2 heteroatoms. The Hall–Kier alpha value is -0.500. The highest BCUT2D eigenvalue weighted by molar-refractivity contribution is 5.02.